The van der Waals surface area contributed by atoms with Crippen molar-refractivity contribution in [2.24, 2.45) is 0 Å². The van der Waals surface area contributed by atoms with Crippen LogP contribution >= 0.6 is 11.6 Å². The average molecular weight is 400 g/mol. The lowest BCUT2D eigenvalue weighted by Gasteiger charge is -2.15. The minimum Gasteiger partial charge on any atom is -0.374 e. The number of nitrogens with one attached hydrogen (secondary N) is 2. The maximum atomic E-state index is 13.8. The van der Waals surface area contributed by atoms with Crippen molar-refractivity contribution >= 4 is 38.9 Å². The van der Waals surface area contributed by atoms with Crippen LogP contribution in [0.4, 0.5) is 15.8 Å². The minimum atomic E-state index is -3.63. The molecule has 0 aliphatic rings. The van der Waals surface area contributed by atoms with Crippen LogP contribution in [0.2, 0.25) is 5.02 Å². The van der Waals surface area contributed by atoms with Crippen LogP contribution in [-0.4, -0.2) is 39.3 Å². The molecule has 0 heterocycles. The van der Waals surface area contributed by atoms with Crippen molar-refractivity contribution in [2.45, 2.75) is 11.8 Å². The number of amides is 1. The molecule has 0 aliphatic heterocycles. The van der Waals surface area contributed by atoms with Crippen molar-refractivity contribution in [3.8, 4) is 0 Å². The number of aryl methyl sites for hydroxylation is 1. The molecule has 6 nitrogen and oxygen atoms in total. The molecule has 0 aliphatic carbocycles. The highest BCUT2D eigenvalue weighted by molar-refractivity contribution is 7.89. The van der Waals surface area contributed by atoms with E-state index in [9.17, 15) is 17.6 Å². The predicted octanol–water partition coefficient (Wildman–Crippen LogP) is 3.09. The number of carbonyl (C=O) groups excluding carboxylic acids is 1. The monoisotopic (exact) mass is 399 g/mol. The van der Waals surface area contributed by atoms with E-state index in [1.54, 1.807) is 25.1 Å². The molecule has 1 amide bonds. The number of hydrogen-bond acceptors (Lipinski definition) is 4. The fourth-order valence-corrected chi connectivity index (χ4v) is 3.49. The van der Waals surface area contributed by atoms with Gasteiger partial charge in [-0.3, -0.25) is 4.79 Å². The van der Waals surface area contributed by atoms with E-state index in [1.807, 2.05) is 0 Å². The summed E-state index contributed by atoms with van der Waals surface area (Å²) in [5.41, 5.74) is 0.998. The Morgan fingerprint density at radius 2 is 1.92 bits per heavy atom. The van der Waals surface area contributed by atoms with Crippen LogP contribution in [0.25, 0.3) is 0 Å². The number of carbonyl (C=O) groups is 1. The fourth-order valence-electron chi connectivity index (χ4n) is 2.17. The Kier molecular flexibility index (Phi) is 6.22. The molecule has 0 bridgehead atoms. The zero-order chi connectivity index (χ0) is 19.5. The van der Waals surface area contributed by atoms with Gasteiger partial charge < -0.3 is 10.6 Å². The summed E-state index contributed by atoms with van der Waals surface area (Å²) < 4.78 is 39.5. The van der Waals surface area contributed by atoms with E-state index in [0.29, 0.717) is 11.3 Å². The van der Waals surface area contributed by atoms with Gasteiger partial charge >= 0.3 is 0 Å². The van der Waals surface area contributed by atoms with Gasteiger partial charge in [0.1, 0.15) is 0 Å². The molecule has 2 N–H and O–H groups in total. The van der Waals surface area contributed by atoms with Crippen molar-refractivity contribution in [3.63, 3.8) is 0 Å². The Morgan fingerprint density at radius 3 is 2.58 bits per heavy atom. The van der Waals surface area contributed by atoms with Crippen molar-refractivity contribution in [2.75, 3.05) is 31.3 Å². The van der Waals surface area contributed by atoms with Gasteiger partial charge in [0, 0.05) is 19.8 Å². The second kappa shape index (κ2) is 8.03. The second-order valence-electron chi connectivity index (χ2n) is 5.77. The highest BCUT2D eigenvalue weighted by Gasteiger charge is 2.20. The topological polar surface area (TPSA) is 78.5 Å². The van der Waals surface area contributed by atoms with Gasteiger partial charge in [-0.1, -0.05) is 23.7 Å². The zero-order valence-electron chi connectivity index (χ0n) is 14.5. The van der Waals surface area contributed by atoms with Crippen LogP contribution in [-0.2, 0) is 14.8 Å². The number of nitrogens with zero attached hydrogens (tertiary/aromatic N) is 1. The van der Waals surface area contributed by atoms with Crippen LogP contribution < -0.4 is 10.6 Å². The SMILES string of the molecule is Cc1ccc(NC(=O)CNc2cccc(Cl)c2F)cc1S(=O)(=O)N(C)C. The van der Waals surface area contributed by atoms with Gasteiger partial charge in [-0.25, -0.2) is 17.1 Å². The van der Waals surface area contributed by atoms with Crippen LogP contribution in [0.15, 0.2) is 41.3 Å². The number of rotatable bonds is 6. The van der Waals surface area contributed by atoms with Crippen LogP contribution in [0.1, 0.15) is 5.56 Å². The van der Waals surface area contributed by atoms with Crippen LogP contribution in [0, 0.1) is 12.7 Å². The van der Waals surface area contributed by atoms with Crippen molar-refractivity contribution in [1.82, 2.24) is 4.31 Å². The molecule has 0 spiro atoms. The van der Waals surface area contributed by atoms with E-state index in [0.717, 1.165) is 4.31 Å². The maximum absolute atomic E-state index is 13.8. The fraction of sp³-hybridized carbons (Fsp3) is 0.235. The average Bonchev–Trinajstić information content (AvgIpc) is 2.57. The Balaban J connectivity index is 2.11. The smallest absolute Gasteiger partial charge is 0.243 e. The summed E-state index contributed by atoms with van der Waals surface area (Å²) in [4.78, 5) is 12.2. The molecular formula is C17H19ClFN3O3S. The lowest BCUT2D eigenvalue weighted by Crippen LogP contribution is -2.24. The lowest BCUT2D eigenvalue weighted by molar-refractivity contribution is -0.114. The molecule has 2 aromatic rings. The largest absolute Gasteiger partial charge is 0.374 e. The molecule has 0 unspecified atom stereocenters. The van der Waals surface area contributed by atoms with Gasteiger partial charge in [0.15, 0.2) is 5.82 Å². The molecule has 0 fully saturated rings. The Morgan fingerprint density at radius 1 is 1.23 bits per heavy atom. The zero-order valence-corrected chi connectivity index (χ0v) is 16.1. The van der Waals surface area contributed by atoms with E-state index in [2.05, 4.69) is 10.6 Å². The first-order chi connectivity index (χ1) is 12.1. The summed E-state index contributed by atoms with van der Waals surface area (Å²) in [7, 11) is -0.761. The van der Waals surface area contributed by atoms with Gasteiger partial charge in [0.2, 0.25) is 15.9 Å². The van der Waals surface area contributed by atoms with E-state index in [1.165, 1.54) is 32.3 Å². The molecule has 0 atom stereocenters. The number of hydrogen-bond donors (Lipinski definition) is 2. The summed E-state index contributed by atoms with van der Waals surface area (Å²) in [6, 6.07) is 9.02. The highest BCUT2D eigenvalue weighted by atomic mass is 35.5. The molecule has 2 rings (SSSR count). The Hall–Kier alpha value is -2.16. The molecule has 0 radical (unpaired) electrons. The van der Waals surface area contributed by atoms with Crippen LogP contribution in [0.3, 0.4) is 0 Å². The minimum absolute atomic E-state index is 0.0486. The van der Waals surface area contributed by atoms with Gasteiger partial charge in [-0.15, -0.1) is 0 Å². The van der Waals surface area contributed by atoms with Gasteiger partial charge in [0.05, 0.1) is 22.2 Å². The predicted molar refractivity (Wildman–Crippen MR) is 101 cm³/mol. The summed E-state index contributed by atoms with van der Waals surface area (Å²) in [5.74, 6) is -1.10. The summed E-state index contributed by atoms with van der Waals surface area (Å²) >= 11 is 5.68. The first-order valence-electron chi connectivity index (χ1n) is 7.64. The highest BCUT2D eigenvalue weighted by Crippen LogP contribution is 2.23. The quantitative estimate of drug-likeness (QED) is 0.782. The third-order valence-corrected chi connectivity index (χ3v) is 5.87. The van der Waals surface area contributed by atoms with Crippen molar-refractivity contribution < 1.29 is 17.6 Å². The Labute approximate surface area is 157 Å². The molecule has 2 aromatic carbocycles. The molecular weight excluding hydrogens is 381 g/mol. The maximum Gasteiger partial charge on any atom is 0.243 e. The van der Waals surface area contributed by atoms with E-state index in [-0.39, 0.29) is 22.2 Å². The molecule has 0 saturated carbocycles. The number of benzene rings is 2. The van der Waals surface area contributed by atoms with Gasteiger partial charge in [0.25, 0.3) is 0 Å². The lowest BCUT2D eigenvalue weighted by atomic mass is 10.2. The number of anilines is 2. The van der Waals surface area contributed by atoms with Gasteiger partial charge in [-0.2, -0.15) is 0 Å². The molecule has 9 heteroatoms. The van der Waals surface area contributed by atoms with Gasteiger partial charge in [-0.05, 0) is 36.8 Å². The standard InChI is InChI=1S/C17H19ClFN3O3S/c1-11-7-8-12(9-15(11)26(24,25)22(2)3)21-16(23)10-20-14-6-4-5-13(18)17(14)19/h4-9,20H,10H2,1-3H3,(H,21,23). The first kappa shape index (κ1) is 20.2. The number of sulfonamides is 1. The summed E-state index contributed by atoms with van der Waals surface area (Å²) in [5, 5.41) is 5.19. The van der Waals surface area contributed by atoms with Crippen molar-refractivity contribution in [3.05, 3.63) is 52.8 Å². The molecule has 0 saturated heterocycles. The third kappa shape index (κ3) is 4.51. The Bertz CT molecular complexity index is 933. The summed E-state index contributed by atoms with van der Waals surface area (Å²) in [6.07, 6.45) is 0. The third-order valence-electron chi connectivity index (χ3n) is 3.62. The second-order valence-corrected chi connectivity index (χ2v) is 8.30. The molecule has 0 aromatic heterocycles. The van der Waals surface area contributed by atoms with E-state index < -0.39 is 21.7 Å². The van der Waals surface area contributed by atoms with E-state index >= 15 is 0 Å². The first-order valence-corrected chi connectivity index (χ1v) is 9.45. The van der Waals surface area contributed by atoms with Crippen LogP contribution in [0.5, 0.6) is 0 Å². The van der Waals surface area contributed by atoms with Crippen molar-refractivity contribution in [1.29, 1.82) is 0 Å². The normalized spacial score (nSPS) is 11.5. The van der Waals surface area contributed by atoms with E-state index in [4.69, 9.17) is 11.6 Å². The molecule has 140 valence electrons. The molecule has 26 heavy (non-hydrogen) atoms. The summed E-state index contributed by atoms with van der Waals surface area (Å²) in [6.45, 7) is 1.46. The number of halogens is 2.